The van der Waals surface area contributed by atoms with Crippen molar-refractivity contribution in [1.29, 1.82) is 0 Å². The molecule has 6 nitrogen and oxygen atoms in total. The molecule has 0 saturated heterocycles. The SMILES string of the molecule is O=C1NC(CC(=O)N2CCc3oc(C4CCC4)nc3C2)c2ccccc21. The molecule has 1 N–H and O–H groups in total. The summed E-state index contributed by atoms with van der Waals surface area (Å²) in [6.45, 7) is 1.15. The molecule has 1 aromatic carbocycles. The van der Waals surface area contributed by atoms with Gasteiger partial charge < -0.3 is 14.6 Å². The van der Waals surface area contributed by atoms with E-state index in [1.54, 1.807) is 6.07 Å². The molecule has 0 spiro atoms. The van der Waals surface area contributed by atoms with Crippen LogP contribution in [0.1, 0.15) is 70.9 Å². The quantitative estimate of drug-likeness (QED) is 0.922. The average molecular weight is 351 g/mol. The third kappa shape index (κ3) is 2.52. The normalized spacial score (nSPS) is 21.8. The van der Waals surface area contributed by atoms with Gasteiger partial charge in [-0.15, -0.1) is 0 Å². The van der Waals surface area contributed by atoms with Crippen LogP contribution >= 0.6 is 0 Å². The van der Waals surface area contributed by atoms with Gasteiger partial charge >= 0.3 is 0 Å². The second kappa shape index (κ2) is 5.97. The highest BCUT2D eigenvalue weighted by molar-refractivity contribution is 5.99. The molecule has 1 unspecified atom stereocenters. The van der Waals surface area contributed by atoms with Crippen LogP contribution in [0.15, 0.2) is 28.7 Å². The molecule has 2 aliphatic heterocycles. The smallest absolute Gasteiger partial charge is 0.252 e. The maximum absolute atomic E-state index is 12.8. The number of nitrogens with one attached hydrogen (secondary N) is 1. The van der Waals surface area contributed by atoms with Crippen molar-refractivity contribution in [2.45, 2.75) is 50.6 Å². The van der Waals surface area contributed by atoms with E-state index in [-0.39, 0.29) is 24.3 Å². The molecule has 1 saturated carbocycles. The highest BCUT2D eigenvalue weighted by Gasteiger charge is 2.33. The van der Waals surface area contributed by atoms with Crippen molar-refractivity contribution in [3.8, 4) is 0 Å². The molecule has 3 heterocycles. The molecule has 6 heteroatoms. The molecule has 2 aromatic rings. The van der Waals surface area contributed by atoms with E-state index in [0.29, 0.717) is 31.0 Å². The topological polar surface area (TPSA) is 75.4 Å². The summed E-state index contributed by atoms with van der Waals surface area (Å²) >= 11 is 0. The number of benzene rings is 1. The van der Waals surface area contributed by atoms with E-state index in [0.717, 1.165) is 35.7 Å². The van der Waals surface area contributed by atoms with E-state index in [9.17, 15) is 9.59 Å². The summed E-state index contributed by atoms with van der Waals surface area (Å²) in [5.74, 6) is 2.21. The lowest BCUT2D eigenvalue weighted by Crippen LogP contribution is -2.37. The Kier molecular flexibility index (Phi) is 3.58. The number of oxazole rings is 1. The number of hydrogen-bond donors (Lipinski definition) is 1. The Morgan fingerprint density at radius 3 is 2.96 bits per heavy atom. The maximum atomic E-state index is 12.8. The van der Waals surface area contributed by atoms with E-state index in [1.807, 2.05) is 23.1 Å². The number of hydrogen-bond acceptors (Lipinski definition) is 4. The van der Waals surface area contributed by atoms with Crippen LogP contribution in [0, 0.1) is 0 Å². The van der Waals surface area contributed by atoms with Gasteiger partial charge in [-0.2, -0.15) is 0 Å². The van der Waals surface area contributed by atoms with Crippen LogP contribution in [0.25, 0.3) is 0 Å². The minimum atomic E-state index is -0.240. The highest BCUT2D eigenvalue weighted by atomic mass is 16.4. The summed E-state index contributed by atoms with van der Waals surface area (Å²) in [7, 11) is 0. The van der Waals surface area contributed by atoms with E-state index in [1.165, 1.54) is 6.42 Å². The van der Waals surface area contributed by atoms with Crippen LogP contribution in [0.4, 0.5) is 0 Å². The zero-order valence-electron chi connectivity index (χ0n) is 14.5. The Balaban J connectivity index is 1.28. The van der Waals surface area contributed by atoms with Crippen LogP contribution in [0.2, 0.25) is 0 Å². The van der Waals surface area contributed by atoms with Crippen LogP contribution in [0.3, 0.4) is 0 Å². The first kappa shape index (κ1) is 15.6. The standard InChI is InChI=1S/C20H21N3O3/c24-18(10-15-13-6-1-2-7-14(13)19(25)21-15)23-9-8-17-16(11-23)22-20(26-17)12-4-3-5-12/h1-2,6-7,12,15H,3-5,8-11H2,(H,21,25). The van der Waals surface area contributed by atoms with Crippen LogP contribution in [-0.4, -0.2) is 28.2 Å². The summed E-state index contributed by atoms with van der Waals surface area (Å²) in [4.78, 5) is 31.3. The van der Waals surface area contributed by atoms with Gasteiger partial charge in [-0.05, 0) is 24.5 Å². The van der Waals surface area contributed by atoms with Crippen molar-refractivity contribution < 1.29 is 14.0 Å². The fourth-order valence-electron chi connectivity index (χ4n) is 4.05. The Morgan fingerprint density at radius 2 is 2.15 bits per heavy atom. The van der Waals surface area contributed by atoms with Gasteiger partial charge in [0.1, 0.15) is 11.5 Å². The molecule has 1 aromatic heterocycles. The lowest BCUT2D eigenvalue weighted by molar-refractivity contribution is -0.132. The Bertz CT molecular complexity index is 884. The second-order valence-corrected chi connectivity index (χ2v) is 7.43. The van der Waals surface area contributed by atoms with Crippen molar-refractivity contribution in [1.82, 2.24) is 15.2 Å². The lowest BCUT2D eigenvalue weighted by atomic mass is 9.85. The maximum Gasteiger partial charge on any atom is 0.252 e. The lowest BCUT2D eigenvalue weighted by Gasteiger charge is -2.26. The van der Waals surface area contributed by atoms with Gasteiger partial charge in [0.25, 0.3) is 5.91 Å². The third-order valence-electron chi connectivity index (χ3n) is 5.82. The Labute approximate surface area is 151 Å². The average Bonchev–Trinajstić information content (AvgIpc) is 3.14. The van der Waals surface area contributed by atoms with Gasteiger partial charge in [-0.3, -0.25) is 9.59 Å². The third-order valence-corrected chi connectivity index (χ3v) is 5.82. The van der Waals surface area contributed by atoms with Crippen molar-refractivity contribution in [2.75, 3.05) is 6.54 Å². The van der Waals surface area contributed by atoms with E-state index < -0.39 is 0 Å². The molecule has 0 bridgehead atoms. The van der Waals surface area contributed by atoms with Crippen molar-refractivity contribution >= 4 is 11.8 Å². The molecule has 134 valence electrons. The number of carbonyl (C=O) groups excluding carboxylic acids is 2. The molecule has 1 fully saturated rings. The van der Waals surface area contributed by atoms with E-state index >= 15 is 0 Å². The van der Waals surface area contributed by atoms with Gasteiger partial charge in [0.15, 0.2) is 5.89 Å². The molecule has 1 atom stereocenters. The number of aromatic nitrogens is 1. The van der Waals surface area contributed by atoms with Crippen LogP contribution < -0.4 is 5.32 Å². The molecular weight excluding hydrogens is 330 g/mol. The molecule has 2 amide bonds. The molecule has 5 rings (SSSR count). The van der Waals surface area contributed by atoms with Crippen molar-refractivity contribution in [3.05, 3.63) is 52.7 Å². The molecule has 3 aliphatic rings. The number of fused-ring (bicyclic) bond motifs is 2. The molecule has 26 heavy (non-hydrogen) atoms. The Morgan fingerprint density at radius 1 is 1.31 bits per heavy atom. The number of nitrogens with zero attached hydrogens (tertiary/aromatic N) is 2. The fraction of sp³-hybridized carbons (Fsp3) is 0.450. The van der Waals surface area contributed by atoms with Gasteiger partial charge in [-0.1, -0.05) is 24.6 Å². The number of rotatable bonds is 3. The van der Waals surface area contributed by atoms with E-state index in [2.05, 4.69) is 10.3 Å². The number of carbonyl (C=O) groups is 2. The first-order valence-corrected chi connectivity index (χ1v) is 9.35. The molecule has 1 aliphatic carbocycles. The van der Waals surface area contributed by atoms with Crippen LogP contribution in [0.5, 0.6) is 0 Å². The first-order valence-electron chi connectivity index (χ1n) is 9.35. The summed E-state index contributed by atoms with van der Waals surface area (Å²) in [6, 6.07) is 7.23. The van der Waals surface area contributed by atoms with Gasteiger partial charge in [-0.25, -0.2) is 4.98 Å². The predicted octanol–water partition coefficient (Wildman–Crippen LogP) is 2.70. The zero-order chi connectivity index (χ0) is 17.7. The van der Waals surface area contributed by atoms with Crippen molar-refractivity contribution in [3.63, 3.8) is 0 Å². The fourth-order valence-corrected chi connectivity index (χ4v) is 4.05. The second-order valence-electron chi connectivity index (χ2n) is 7.43. The van der Waals surface area contributed by atoms with Crippen LogP contribution in [-0.2, 0) is 17.8 Å². The monoisotopic (exact) mass is 351 g/mol. The van der Waals surface area contributed by atoms with Gasteiger partial charge in [0.2, 0.25) is 5.91 Å². The first-order chi connectivity index (χ1) is 12.7. The summed E-state index contributed by atoms with van der Waals surface area (Å²) in [6.07, 6.45) is 4.56. The Hall–Kier alpha value is -2.63. The summed E-state index contributed by atoms with van der Waals surface area (Å²) < 4.78 is 5.93. The van der Waals surface area contributed by atoms with Gasteiger partial charge in [0.05, 0.1) is 19.0 Å². The summed E-state index contributed by atoms with van der Waals surface area (Å²) in [5, 5.41) is 2.92. The molecule has 0 radical (unpaired) electrons. The minimum Gasteiger partial charge on any atom is -0.445 e. The predicted molar refractivity (Wildman–Crippen MR) is 93.5 cm³/mol. The zero-order valence-corrected chi connectivity index (χ0v) is 14.5. The van der Waals surface area contributed by atoms with Gasteiger partial charge in [0, 0.05) is 24.4 Å². The largest absolute Gasteiger partial charge is 0.445 e. The highest BCUT2D eigenvalue weighted by Crippen LogP contribution is 2.37. The summed E-state index contributed by atoms with van der Waals surface area (Å²) in [5.41, 5.74) is 2.49. The minimum absolute atomic E-state index is 0.0471. The van der Waals surface area contributed by atoms with E-state index in [4.69, 9.17) is 4.42 Å². The van der Waals surface area contributed by atoms with Crippen molar-refractivity contribution in [2.24, 2.45) is 0 Å². The number of amides is 2. The molecular formula is C20H21N3O3.